The highest BCUT2D eigenvalue weighted by Crippen LogP contribution is 2.22. The Balaban J connectivity index is 3.03. The number of ether oxygens (including phenoxy) is 1. The van der Waals surface area contributed by atoms with Crippen LogP contribution in [0.25, 0.3) is 0 Å². The topological polar surface area (TPSA) is 26.3 Å². The van der Waals surface area contributed by atoms with Crippen LogP contribution in [-0.2, 0) is 4.74 Å². The molecule has 1 aromatic carbocycles. The van der Waals surface area contributed by atoms with Crippen LogP contribution in [0.3, 0.4) is 0 Å². The largest absolute Gasteiger partial charge is 0.462 e. The van der Waals surface area contributed by atoms with Crippen molar-refractivity contribution in [3.8, 4) is 0 Å². The summed E-state index contributed by atoms with van der Waals surface area (Å²) >= 11 is 1.64. The van der Waals surface area contributed by atoms with Crippen LogP contribution < -0.4 is 0 Å². The first-order chi connectivity index (χ1) is 6.70. The second-order valence-electron chi connectivity index (χ2n) is 2.85. The van der Waals surface area contributed by atoms with Crippen LogP contribution in [0.1, 0.15) is 22.8 Å². The van der Waals surface area contributed by atoms with Crippen LogP contribution in [0.5, 0.6) is 0 Å². The van der Waals surface area contributed by atoms with Crippen LogP contribution in [0.2, 0.25) is 0 Å². The Bertz CT molecular complexity index is 334. The number of thioether (sulfide) groups is 1. The first-order valence-corrected chi connectivity index (χ1v) is 5.74. The highest BCUT2D eigenvalue weighted by atomic mass is 32.2. The van der Waals surface area contributed by atoms with E-state index in [2.05, 4.69) is 0 Å². The van der Waals surface area contributed by atoms with Crippen molar-refractivity contribution in [2.24, 2.45) is 0 Å². The van der Waals surface area contributed by atoms with Crippen LogP contribution in [-0.4, -0.2) is 18.8 Å². The lowest BCUT2D eigenvalue weighted by Gasteiger charge is -2.08. The number of benzene rings is 1. The molecule has 0 N–H and O–H groups in total. The summed E-state index contributed by atoms with van der Waals surface area (Å²) in [5.41, 5.74) is 1.66. The molecule has 0 saturated heterocycles. The summed E-state index contributed by atoms with van der Waals surface area (Å²) in [5, 5.41) is 0. The molecule has 0 spiro atoms. The van der Waals surface area contributed by atoms with Gasteiger partial charge in [0, 0.05) is 4.90 Å². The van der Waals surface area contributed by atoms with Gasteiger partial charge in [-0.25, -0.2) is 4.79 Å². The molecule has 76 valence electrons. The van der Waals surface area contributed by atoms with Crippen molar-refractivity contribution in [1.82, 2.24) is 0 Å². The van der Waals surface area contributed by atoms with Gasteiger partial charge in [-0.05, 0) is 37.8 Å². The molecule has 0 heterocycles. The lowest BCUT2D eigenvalue weighted by molar-refractivity contribution is 0.0525. The van der Waals surface area contributed by atoms with Crippen molar-refractivity contribution < 1.29 is 9.53 Å². The van der Waals surface area contributed by atoms with Gasteiger partial charge in [-0.15, -0.1) is 11.8 Å². The Morgan fingerprint density at radius 2 is 2.21 bits per heavy atom. The van der Waals surface area contributed by atoms with Crippen LogP contribution >= 0.6 is 11.8 Å². The Morgan fingerprint density at radius 1 is 1.50 bits per heavy atom. The van der Waals surface area contributed by atoms with Crippen molar-refractivity contribution >= 4 is 17.7 Å². The van der Waals surface area contributed by atoms with Crippen molar-refractivity contribution in [2.75, 3.05) is 12.9 Å². The molecule has 0 bridgehead atoms. The smallest absolute Gasteiger partial charge is 0.338 e. The average molecular weight is 210 g/mol. The molecule has 0 aliphatic rings. The molecule has 14 heavy (non-hydrogen) atoms. The number of rotatable bonds is 3. The van der Waals surface area contributed by atoms with E-state index >= 15 is 0 Å². The van der Waals surface area contributed by atoms with Crippen molar-refractivity contribution in [3.63, 3.8) is 0 Å². The molecular formula is C11H14O2S. The summed E-state index contributed by atoms with van der Waals surface area (Å²) in [4.78, 5) is 12.6. The lowest BCUT2D eigenvalue weighted by atomic mass is 10.1. The Morgan fingerprint density at radius 3 is 2.79 bits per heavy atom. The zero-order valence-corrected chi connectivity index (χ0v) is 9.48. The van der Waals surface area contributed by atoms with E-state index in [0.29, 0.717) is 12.2 Å². The van der Waals surface area contributed by atoms with Crippen LogP contribution in [0.15, 0.2) is 23.1 Å². The fraction of sp³-hybridized carbons (Fsp3) is 0.364. The normalized spacial score (nSPS) is 9.93. The lowest BCUT2D eigenvalue weighted by Crippen LogP contribution is -2.06. The van der Waals surface area contributed by atoms with Gasteiger partial charge in [-0.2, -0.15) is 0 Å². The number of hydrogen-bond acceptors (Lipinski definition) is 3. The summed E-state index contributed by atoms with van der Waals surface area (Å²) in [7, 11) is 0. The van der Waals surface area contributed by atoms with Gasteiger partial charge < -0.3 is 4.74 Å². The standard InChI is InChI=1S/C11H14O2S/c1-4-13-11(12)9-6-5-7-10(14-3)8(9)2/h5-7H,4H2,1-3H3. The van der Waals surface area contributed by atoms with Gasteiger partial charge in [0.05, 0.1) is 12.2 Å². The minimum Gasteiger partial charge on any atom is -0.462 e. The molecule has 2 nitrogen and oxygen atoms in total. The number of esters is 1. The third-order valence-corrected chi connectivity index (χ3v) is 2.88. The molecule has 0 atom stereocenters. The molecule has 0 aliphatic heterocycles. The molecule has 3 heteroatoms. The fourth-order valence-electron chi connectivity index (χ4n) is 1.27. The van der Waals surface area contributed by atoms with E-state index in [0.717, 1.165) is 10.5 Å². The Kier molecular flexibility index (Phi) is 4.01. The van der Waals surface area contributed by atoms with Gasteiger partial charge >= 0.3 is 5.97 Å². The third-order valence-electron chi connectivity index (χ3n) is 2.00. The van der Waals surface area contributed by atoms with Crippen LogP contribution in [0, 0.1) is 6.92 Å². The predicted molar refractivity (Wildman–Crippen MR) is 58.9 cm³/mol. The molecule has 0 saturated carbocycles. The predicted octanol–water partition coefficient (Wildman–Crippen LogP) is 2.89. The third kappa shape index (κ3) is 2.29. The quantitative estimate of drug-likeness (QED) is 0.567. The second kappa shape index (κ2) is 5.05. The molecule has 0 aliphatic carbocycles. The molecule has 1 rings (SSSR count). The molecular weight excluding hydrogens is 196 g/mol. The van der Waals surface area contributed by atoms with Gasteiger partial charge in [0.1, 0.15) is 0 Å². The molecule has 1 aromatic rings. The molecule has 0 aromatic heterocycles. The second-order valence-corrected chi connectivity index (χ2v) is 3.70. The first-order valence-electron chi connectivity index (χ1n) is 4.51. The maximum Gasteiger partial charge on any atom is 0.338 e. The molecule has 0 radical (unpaired) electrons. The zero-order valence-electron chi connectivity index (χ0n) is 8.66. The highest BCUT2D eigenvalue weighted by molar-refractivity contribution is 7.98. The summed E-state index contributed by atoms with van der Waals surface area (Å²) in [5.74, 6) is -0.235. The first kappa shape index (κ1) is 11.1. The van der Waals surface area contributed by atoms with Crippen molar-refractivity contribution in [3.05, 3.63) is 29.3 Å². The van der Waals surface area contributed by atoms with E-state index in [1.54, 1.807) is 17.8 Å². The van der Waals surface area contributed by atoms with Crippen LogP contribution in [0.4, 0.5) is 0 Å². The summed E-state index contributed by atoms with van der Waals surface area (Å²) < 4.78 is 4.96. The monoisotopic (exact) mass is 210 g/mol. The van der Waals surface area contributed by atoms with Crippen molar-refractivity contribution in [2.45, 2.75) is 18.7 Å². The fourth-order valence-corrected chi connectivity index (χ4v) is 1.90. The van der Waals surface area contributed by atoms with Gasteiger partial charge in [0.25, 0.3) is 0 Å². The maximum absolute atomic E-state index is 11.5. The van der Waals surface area contributed by atoms with E-state index in [9.17, 15) is 4.79 Å². The van der Waals surface area contributed by atoms with E-state index in [1.807, 2.05) is 32.2 Å². The van der Waals surface area contributed by atoms with E-state index in [4.69, 9.17) is 4.74 Å². The molecule has 0 fully saturated rings. The summed E-state index contributed by atoms with van der Waals surface area (Å²) in [6.07, 6.45) is 2.00. The minimum absolute atomic E-state index is 0.235. The maximum atomic E-state index is 11.5. The number of carbonyl (C=O) groups is 1. The number of carbonyl (C=O) groups excluding carboxylic acids is 1. The Hall–Kier alpha value is -0.960. The van der Waals surface area contributed by atoms with E-state index in [1.165, 1.54) is 0 Å². The molecule has 0 unspecified atom stereocenters. The SMILES string of the molecule is CCOC(=O)c1cccc(SC)c1C. The number of hydrogen-bond donors (Lipinski definition) is 0. The summed E-state index contributed by atoms with van der Waals surface area (Å²) in [6.45, 7) is 4.17. The minimum atomic E-state index is -0.235. The van der Waals surface area contributed by atoms with Gasteiger partial charge in [0.2, 0.25) is 0 Å². The van der Waals surface area contributed by atoms with Gasteiger partial charge in [-0.3, -0.25) is 0 Å². The Labute approximate surface area is 88.7 Å². The van der Waals surface area contributed by atoms with E-state index in [-0.39, 0.29) is 5.97 Å². The van der Waals surface area contributed by atoms with E-state index < -0.39 is 0 Å². The molecule has 0 amide bonds. The highest BCUT2D eigenvalue weighted by Gasteiger charge is 2.11. The van der Waals surface area contributed by atoms with Gasteiger partial charge in [0.15, 0.2) is 0 Å². The van der Waals surface area contributed by atoms with Crippen molar-refractivity contribution in [1.29, 1.82) is 0 Å². The van der Waals surface area contributed by atoms with Gasteiger partial charge in [-0.1, -0.05) is 6.07 Å². The zero-order chi connectivity index (χ0) is 10.6. The average Bonchev–Trinajstić information content (AvgIpc) is 2.18. The summed E-state index contributed by atoms with van der Waals surface area (Å²) in [6, 6.07) is 5.68.